The molecule has 1 unspecified atom stereocenters. The minimum Gasteiger partial charge on any atom is -0.507 e. The molecular formula is C26H16BrFN2O5S. The van der Waals surface area contributed by atoms with Gasteiger partial charge in [0.1, 0.15) is 24.8 Å². The Morgan fingerprint density at radius 3 is 2.56 bits per heavy atom. The smallest absolute Gasteiger partial charge is 0.301 e. The van der Waals surface area contributed by atoms with Gasteiger partial charge in [-0.2, -0.15) is 0 Å². The van der Waals surface area contributed by atoms with Gasteiger partial charge in [-0.25, -0.2) is 9.37 Å². The second kappa shape index (κ2) is 8.72. The molecule has 4 aromatic rings. The number of hydrogen-bond acceptors (Lipinski definition) is 7. The lowest BCUT2D eigenvalue weighted by Crippen LogP contribution is -2.29. The van der Waals surface area contributed by atoms with Crippen molar-refractivity contribution in [2.24, 2.45) is 0 Å². The topological polar surface area (TPSA) is 89.0 Å². The zero-order valence-corrected chi connectivity index (χ0v) is 20.8. The molecule has 2 aliphatic rings. The average Bonchev–Trinajstić information content (AvgIpc) is 3.41. The van der Waals surface area contributed by atoms with Gasteiger partial charge >= 0.3 is 5.91 Å². The fraction of sp³-hybridized carbons (Fsp3) is 0.115. The van der Waals surface area contributed by atoms with E-state index in [2.05, 4.69) is 20.9 Å². The Balaban J connectivity index is 1.54. The van der Waals surface area contributed by atoms with Crippen LogP contribution >= 0.6 is 27.3 Å². The molecule has 1 fully saturated rings. The Hall–Kier alpha value is -3.76. The number of anilines is 1. The van der Waals surface area contributed by atoms with Gasteiger partial charge in [-0.15, -0.1) is 0 Å². The van der Waals surface area contributed by atoms with Crippen LogP contribution in [0.1, 0.15) is 17.2 Å². The lowest BCUT2D eigenvalue weighted by molar-refractivity contribution is -0.132. The summed E-state index contributed by atoms with van der Waals surface area (Å²) in [7, 11) is 0. The number of amides is 1. The number of carbonyl (C=O) groups excluding carboxylic acids is 2. The Bertz CT molecular complexity index is 1580. The zero-order valence-electron chi connectivity index (χ0n) is 18.4. The molecule has 3 heterocycles. The van der Waals surface area contributed by atoms with Gasteiger partial charge in [0.2, 0.25) is 0 Å². The summed E-state index contributed by atoms with van der Waals surface area (Å²) in [6.45, 7) is 0.776. The van der Waals surface area contributed by atoms with E-state index in [9.17, 15) is 19.1 Å². The summed E-state index contributed by atoms with van der Waals surface area (Å²) in [6, 6.07) is 15.1. The quantitative estimate of drug-likeness (QED) is 0.197. The Kier molecular flexibility index (Phi) is 5.50. The van der Waals surface area contributed by atoms with Gasteiger partial charge < -0.3 is 14.6 Å². The van der Waals surface area contributed by atoms with Crippen molar-refractivity contribution in [3.8, 4) is 11.5 Å². The Labute approximate surface area is 216 Å². The third kappa shape index (κ3) is 3.73. The highest BCUT2D eigenvalue weighted by atomic mass is 79.9. The molecule has 1 amide bonds. The van der Waals surface area contributed by atoms with Crippen molar-refractivity contribution in [3.05, 3.63) is 87.7 Å². The number of ketones is 1. The molecule has 1 aromatic heterocycles. The van der Waals surface area contributed by atoms with Crippen LogP contribution in [0.3, 0.4) is 0 Å². The molecule has 180 valence electrons. The number of benzene rings is 3. The number of aliphatic hydroxyl groups is 1. The van der Waals surface area contributed by atoms with Crippen LogP contribution in [0, 0.1) is 5.82 Å². The third-order valence-corrected chi connectivity index (χ3v) is 7.54. The van der Waals surface area contributed by atoms with Crippen molar-refractivity contribution in [2.45, 2.75) is 6.04 Å². The molecule has 36 heavy (non-hydrogen) atoms. The Morgan fingerprint density at radius 2 is 1.78 bits per heavy atom. The van der Waals surface area contributed by atoms with E-state index in [0.717, 1.165) is 15.8 Å². The fourth-order valence-corrected chi connectivity index (χ4v) is 5.61. The largest absolute Gasteiger partial charge is 0.507 e. The van der Waals surface area contributed by atoms with E-state index >= 15 is 0 Å². The van der Waals surface area contributed by atoms with Crippen LogP contribution in [-0.2, 0) is 9.59 Å². The van der Waals surface area contributed by atoms with Gasteiger partial charge in [0.15, 0.2) is 16.6 Å². The van der Waals surface area contributed by atoms with Gasteiger partial charge in [0.25, 0.3) is 5.78 Å². The number of thiazole rings is 1. The zero-order chi connectivity index (χ0) is 25.0. The third-order valence-electron chi connectivity index (χ3n) is 5.99. The SMILES string of the molecule is O=C1C(=O)N(c2nc3ccc(F)cc3s2)C(c2ccc(Br)cc2)C1=C(O)c1ccc2c(c1)OCCO2. The monoisotopic (exact) mass is 566 g/mol. The van der Waals surface area contributed by atoms with E-state index in [1.807, 2.05) is 0 Å². The fourth-order valence-electron chi connectivity index (χ4n) is 4.33. The van der Waals surface area contributed by atoms with Gasteiger partial charge in [0, 0.05) is 10.0 Å². The number of hydrogen-bond donors (Lipinski definition) is 1. The number of rotatable bonds is 3. The summed E-state index contributed by atoms with van der Waals surface area (Å²) in [5.41, 5.74) is 1.33. The molecule has 0 bridgehead atoms. The van der Waals surface area contributed by atoms with Crippen molar-refractivity contribution < 1.29 is 28.6 Å². The van der Waals surface area contributed by atoms with E-state index in [1.165, 1.54) is 23.1 Å². The maximum atomic E-state index is 13.8. The van der Waals surface area contributed by atoms with Gasteiger partial charge in [-0.05, 0) is 54.1 Å². The van der Waals surface area contributed by atoms with Crippen molar-refractivity contribution in [1.82, 2.24) is 4.98 Å². The first-order valence-electron chi connectivity index (χ1n) is 10.9. The minimum atomic E-state index is -0.947. The summed E-state index contributed by atoms with van der Waals surface area (Å²) in [5.74, 6) is -1.48. The van der Waals surface area contributed by atoms with Crippen LogP contribution in [0.5, 0.6) is 11.5 Å². The molecular weight excluding hydrogens is 551 g/mol. The van der Waals surface area contributed by atoms with Crippen LogP contribution in [0.4, 0.5) is 9.52 Å². The molecule has 1 saturated heterocycles. The van der Waals surface area contributed by atoms with Gasteiger partial charge in [-0.1, -0.05) is 39.4 Å². The first-order valence-corrected chi connectivity index (χ1v) is 12.5. The molecule has 1 N–H and O–H groups in total. The Morgan fingerprint density at radius 1 is 1.03 bits per heavy atom. The summed E-state index contributed by atoms with van der Waals surface area (Å²) >= 11 is 4.50. The van der Waals surface area contributed by atoms with E-state index in [0.29, 0.717) is 46.1 Å². The number of nitrogens with zero attached hydrogens (tertiary/aromatic N) is 2. The molecule has 0 aliphatic carbocycles. The minimum absolute atomic E-state index is 0.0792. The summed E-state index contributed by atoms with van der Waals surface area (Å²) < 4.78 is 26.3. The standard InChI is InChI=1S/C26H16BrFN2O5S/c27-15-4-1-13(2-5-15)22-21(23(31)14-3-8-18-19(11-14)35-10-9-34-18)24(32)25(33)30(22)26-29-17-7-6-16(28)12-20(17)36-26/h1-8,11-12,22,31H,9-10H2. The van der Waals surface area contributed by atoms with Gasteiger partial charge in [-0.3, -0.25) is 14.5 Å². The van der Waals surface area contributed by atoms with Crippen LogP contribution in [-0.4, -0.2) is 35.0 Å². The van der Waals surface area contributed by atoms with E-state index in [1.54, 1.807) is 42.5 Å². The number of carbonyl (C=O) groups is 2. The molecule has 1 atom stereocenters. The maximum Gasteiger partial charge on any atom is 0.301 e. The van der Waals surface area contributed by atoms with E-state index < -0.39 is 23.5 Å². The average molecular weight is 567 g/mol. The van der Waals surface area contributed by atoms with Crippen LogP contribution in [0.2, 0.25) is 0 Å². The number of halogens is 2. The second-order valence-corrected chi connectivity index (χ2v) is 10.1. The van der Waals surface area contributed by atoms with Crippen LogP contribution in [0.25, 0.3) is 16.0 Å². The summed E-state index contributed by atoms with van der Waals surface area (Å²) in [5, 5.41) is 11.6. The highest BCUT2D eigenvalue weighted by Crippen LogP contribution is 2.45. The normalized spacial score (nSPS) is 18.7. The molecule has 7 nitrogen and oxygen atoms in total. The van der Waals surface area contributed by atoms with Crippen molar-refractivity contribution in [1.29, 1.82) is 0 Å². The summed E-state index contributed by atoms with van der Waals surface area (Å²) in [4.78, 5) is 32.5. The number of ether oxygens (including phenoxy) is 2. The lowest BCUT2D eigenvalue weighted by atomic mass is 9.95. The van der Waals surface area contributed by atoms with Crippen molar-refractivity contribution in [3.63, 3.8) is 0 Å². The van der Waals surface area contributed by atoms with Crippen molar-refractivity contribution >= 4 is 60.1 Å². The summed E-state index contributed by atoms with van der Waals surface area (Å²) in [6.07, 6.45) is 0. The second-order valence-electron chi connectivity index (χ2n) is 8.19. The van der Waals surface area contributed by atoms with Crippen LogP contribution < -0.4 is 14.4 Å². The highest BCUT2D eigenvalue weighted by molar-refractivity contribution is 9.10. The first-order chi connectivity index (χ1) is 17.4. The molecule has 10 heteroatoms. The number of fused-ring (bicyclic) bond motifs is 2. The number of aromatic nitrogens is 1. The predicted molar refractivity (Wildman–Crippen MR) is 136 cm³/mol. The van der Waals surface area contributed by atoms with Crippen molar-refractivity contribution in [2.75, 3.05) is 18.1 Å². The van der Waals surface area contributed by atoms with Crippen LogP contribution in [0.15, 0.2) is 70.7 Å². The van der Waals surface area contributed by atoms with E-state index in [4.69, 9.17) is 9.47 Å². The molecule has 2 aliphatic heterocycles. The van der Waals surface area contributed by atoms with E-state index in [-0.39, 0.29) is 16.5 Å². The molecule has 0 saturated carbocycles. The highest BCUT2D eigenvalue weighted by Gasteiger charge is 2.48. The number of Topliss-reactive ketones (excluding diaryl/α,β-unsaturated/α-hetero) is 1. The predicted octanol–water partition coefficient (Wildman–Crippen LogP) is 5.60. The molecule has 3 aromatic carbocycles. The lowest BCUT2D eigenvalue weighted by Gasteiger charge is -2.23. The first kappa shape index (κ1) is 22.7. The molecule has 0 spiro atoms. The maximum absolute atomic E-state index is 13.8. The number of aliphatic hydroxyl groups excluding tert-OH is 1. The molecule has 0 radical (unpaired) electrons. The van der Waals surface area contributed by atoms with Gasteiger partial charge in [0.05, 0.1) is 21.8 Å². The molecule has 6 rings (SSSR count).